The van der Waals surface area contributed by atoms with E-state index >= 15 is 0 Å². The molecule has 0 unspecified atom stereocenters. The van der Waals surface area contributed by atoms with E-state index < -0.39 is 17.7 Å². The topological polar surface area (TPSA) is 117 Å². The van der Waals surface area contributed by atoms with E-state index in [0.717, 1.165) is 4.90 Å². The van der Waals surface area contributed by atoms with Gasteiger partial charge in [0.1, 0.15) is 28.0 Å². The maximum atomic E-state index is 13.1. The quantitative estimate of drug-likeness (QED) is 0.299. The molecule has 0 aliphatic carbocycles. The van der Waals surface area contributed by atoms with E-state index in [0.29, 0.717) is 16.5 Å². The fourth-order valence-electron chi connectivity index (χ4n) is 3.45. The average molecular weight is 528 g/mol. The van der Waals surface area contributed by atoms with Crippen LogP contribution in [0.3, 0.4) is 0 Å². The summed E-state index contributed by atoms with van der Waals surface area (Å²) in [6, 6.07) is 15.1. The summed E-state index contributed by atoms with van der Waals surface area (Å²) in [7, 11) is 2.87. The number of ether oxygens (including phenoxy) is 2. The number of halogens is 2. The summed E-state index contributed by atoms with van der Waals surface area (Å²) in [6.07, 6.45) is 0. The van der Waals surface area contributed by atoms with Gasteiger partial charge in [-0.2, -0.15) is 0 Å². The van der Waals surface area contributed by atoms with E-state index in [4.69, 9.17) is 32.7 Å². The number of methoxy groups -OCH3 is 2. The summed E-state index contributed by atoms with van der Waals surface area (Å²) in [5.74, 6) is -1.33. The highest BCUT2D eigenvalue weighted by atomic mass is 35.5. The number of phenolic OH excluding ortho intramolecular Hbond substituents is 1. The van der Waals surface area contributed by atoms with Crippen LogP contribution in [0.5, 0.6) is 17.2 Å². The Morgan fingerprint density at radius 1 is 0.917 bits per heavy atom. The van der Waals surface area contributed by atoms with Gasteiger partial charge in [-0.1, -0.05) is 23.2 Å². The van der Waals surface area contributed by atoms with Crippen LogP contribution in [-0.2, 0) is 9.59 Å². The van der Waals surface area contributed by atoms with Gasteiger partial charge in [-0.3, -0.25) is 14.4 Å². The zero-order chi connectivity index (χ0) is 26.0. The van der Waals surface area contributed by atoms with Crippen LogP contribution in [0.15, 0.2) is 71.4 Å². The van der Waals surface area contributed by atoms with E-state index in [1.54, 1.807) is 12.1 Å². The van der Waals surface area contributed by atoms with E-state index in [1.807, 2.05) is 0 Å². The van der Waals surface area contributed by atoms with Crippen LogP contribution in [0.4, 0.5) is 17.1 Å². The van der Waals surface area contributed by atoms with Crippen LogP contribution in [0, 0.1) is 0 Å². The Bertz CT molecular complexity index is 1410. The van der Waals surface area contributed by atoms with Gasteiger partial charge in [-0.25, -0.2) is 4.90 Å². The standard InChI is InChI=1S/C25H19Cl2N3O6/c1-35-16-8-10-20(36-2)18(12-16)30-24(33)21(27)22(25(30)34)28-15-6-3-13(4-7-15)23(32)29-17-11-14(26)5-9-19(17)31/h3-12,28,31H,1-2H3,(H,29,32). The molecule has 0 aromatic heterocycles. The minimum absolute atomic E-state index is 0.130. The third-order valence-corrected chi connectivity index (χ3v) is 5.86. The van der Waals surface area contributed by atoms with Gasteiger partial charge in [-0.05, 0) is 54.6 Å². The van der Waals surface area contributed by atoms with Crippen molar-refractivity contribution in [3.05, 3.63) is 82.0 Å². The molecule has 1 heterocycles. The molecule has 0 saturated heterocycles. The molecule has 0 fully saturated rings. The second-order valence-electron chi connectivity index (χ2n) is 7.49. The minimum atomic E-state index is -0.729. The van der Waals surface area contributed by atoms with Crippen LogP contribution in [0.25, 0.3) is 0 Å². The van der Waals surface area contributed by atoms with Crippen molar-refractivity contribution in [2.45, 2.75) is 0 Å². The Morgan fingerprint density at radius 3 is 2.31 bits per heavy atom. The molecular weight excluding hydrogens is 509 g/mol. The number of carbonyl (C=O) groups excluding carboxylic acids is 3. The zero-order valence-electron chi connectivity index (χ0n) is 19.0. The molecule has 0 bridgehead atoms. The molecule has 1 aliphatic heterocycles. The fraction of sp³-hybridized carbons (Fsp3) is 0.0800. The summed E-state index contributed by atoms with van der Waals surface area (Å²) < 4.78 is 10.5. The van der Waals surface area contributed by atoms with Gasteiger partial charge >= 0.3 is 0 Å². The average Bonchev–Trinajstić information content (AvgIpc) is 3.09. The van der Waals surface area contributed by atoms with Crippen LogP contribution in [0.2, 0.25) is 5.02 Å². The van der Waals surface area contributed by atoms with Gasteiger partial charge in [-0.15, -0.1) is 0 Å². The molecule has 36 heavy (non-hydrogen) atoms. The molecule has 3 aromatic rings. The summed E-state index contributed by atoms with van der Waals surface area (Å²) >= 11 is 12.1. The first-order chi connectivity index (χ1) is 17.2. The van der Waals surface area contributed by atoms with E-state index in [1.165, 1.54) is 62.8 Å². The lowest BCUT2D eigenvalue weighted by molar-refractivity contribution is -0.120. The number of amides is 3. The number of nitrogens with one attached hydrogen (secondary N) is 2. The van der Waals surface area contributed by atoms with Crippen molar-refractivity contribution in [1.82, 2.24) is 0 Å². The summed E-state index contributed by atoms with van der Waals surface area (Å²) in [5.41, 5.74) is 0.892. The highest BCUT2D eigenvalue weighted by molar-refractivity contribution is 6.53. The lowest BCUT2D eigenvalue weighted by Crippen LogP contribution is -2.32. The number of nitrogens with zero attached hydrogens (tertiary/aromatic N) is 1. The largest absolute Gasteiger partial charge is 0.506 e. The Hall–Kier alpha value is -4.21. The van der Waals surface area contributed by atoms with Crippen LogP contribution in [-0.4, -0.2) is 37.0 Å². The Labute approximate surface area is 215 Å². The van der Waals surface area contributed by atoms with Crippen molar-refractivity contribution in [2.24, 2.45) is 0 Å². The molecule has 9 nitrogen and oxygen atoms in total. The molecule has 4 rings (SSSR count). The lowest BCUT2D eigenvalue weighted by Gasteiger charge is -2.19. The molecule has 0 radical (unpaired) electrons. The normalized spacial score (nSPS) is 13.2. The van der Waals surface area contributed by atoms with Crippen molar-refractivity contribution in [3.63, 3.8) is 0 Å². The number of hydrogen-bond donors (Lipinski definition) is 3. The predicted molar refractivity (Wildman–Crippen MR) is 136 cm³/mol. The Balaban J connectivity index is 1.52. The first-order valence-electron chi connectivity index (χ1n) is 10.4. The van der Waals surface area contributed by atoms with Gasteiger partial charge in [0.05, 0.1) is 25.6 Å². The molecule has 184 valence electrons. The number of hydrogen-bond acceptors (Lipinski definition) is 7. The predicted octanol–water partition coefficient (Wildman–Crippen LogP) is 4.75. The summed E-state index contributed by atoms with van der Waals surface area (Å²) in [4.78, 5) is 39.4. The number of imide groups is 1. The van der Waals surface area contributed by atoms with Crippen molar-refractivity contribution in [1.29, 1.82) is 0 Å². The second kappa shape index (κ2) is 10.2. The summed E-state index contributed by atoms with van der Waals surface area (Å²) in [5, 5.41) is 15.4. The van der Waals surface area contributed by atoms with Crippen molar-refractivity contribution < 1.29 is 29.0 Å². The molecule has 1 aliphatic rings. The SMILES string of the molecule is COc1ccc(OC)c(N2C(=O)C(Cl)=C(Nc3ccc(C(=O)Nc4cc(Cl)ccc4O)cc3)C2=O)c1. The van der Waals surface area contributed by atoms with E-state index in [-0.39, 0.29) is 39.2 Å². The fourth-order valence-corrected chi connectivity index (χ4v) is 3.84. The number of phenols is 1. The molecule has 3 N–H and O–H groups in total. The third kappa shape index (κ3) is 4.79. The molecule has 0 spiro atoms. The lowest BCUT2D eigenvalue weighted by atomic mass is 10.1. The highest BCUT2D eigenvalue weighted by Gasteiger charge is 2.40. The van der Waals surface area contributed by atoms with Gasteiger partial charge in [0.2, 0.25) is 0 Å². The number of aromatic hydroxyl groups is 1. The molecule has 11 heteroatoms. The number of rotatable bonds is 7. The Morgan fingerprint density at radius 2 is 1.64 bits per heavy atom. The van der Waals surface area contributed by atoms with Crippen LogP contribution in [0.1, 0.15) is 10.4 Å². The first kappa shape index (κ1) is 24.9. The van der Waals surface area contributed by atoms with Crippen molar-refractivity contribution in [2.75, 3.05) is 29.8 Å². The van der Waals surface area contributed by atoms with Crippen LogP contribution >= 0.6 is 23.2 Å². The van der Waals surface area contributed by atoms with Crippen molar-refractivity contribution >= 4 is 58.0 Å². The smallest absolute Gasteiger partial charge is 0.283 e. The summed E-state index contributed by atoms with van der Waals surface area (Å²) in [6.45, 7) is 0. The maximum Gasteiger partial charge on any atom is 0.283 e. The third-order valence-electron chi connectivity index (χ3n) is 5.28. The monoisotopic (exact) mass is 527 g/mol. The number of carbonyl (C=O) groups is 3. The zero-order valence-corrected chi connectivity index (χ0v) is 20.5. The molecular formula is C25H19Cl2N3O6. The molecule has 3 amide bonds. The van der Waals surface area contributed by atoms with E-state index in [9.17, 15) is 19.5 Å². The van der Waals surface area contributed by atoms with Gasteiger partial charge < -0.3 is 25.2 Å². The Kier molecular flexibility index (Phi) is 7.05. The minimum Gasteiger partial charge on any atom is -0.506 e. The highest BCUT2D eigenvalue weighted by Crippen LogP contribution is 2.38. The second-order valence-corrected chi connectivity index (χ2v) is 8.30. The van der Waals surface area contributed by atoms with Gasteiger partial charge in [0.15, 0.2) is 0 Å². The van der Waals surface area contributed by atoms with Gasteiger partial charge in [0, 0.05) is 22.3 Å². The molecule has 3 aromatic carbocycles. The molecule has 0 saturated carbocycles. The molecule has 0 atom stereocenters. The maximum absolute atomic E-state index is 13.1. The van der Waals surface area contributed by atoms with E-state index in [2.05, 4.69) is 10.6 Å². The van der Waals surface area contributed by atoms with Crippen LogP contribution < -0.4 is 25.0 Å². The van der Waals surface area contributed by atoms with Gasteiger partial charge in [0.25, 0.3) is 17.7 Å². The number of benzene rings is 3. The van der Waals surface area contributed by atoms with Crippen molar-refractivity contribution in [3.8, 4) is 17.2 Å². The number of anilines is 3. The first-order valence-corrected chi connectivity index (χ1v) is 11.2.